The minimum absolute atomic E-state index is 0.188. The van der Waals surface area contributed by atoms with Gasteiger partial charge >= 0.3 is 5.97 Å². The lowest BCUT2D eigenvalue weighted by molar-refractivity contribution is -0.142. The van der Waals surface area contributed by atoms with Crippen LogP contribution in [0, 0.1) is 0 Å². The zero-order chi connectivity index (χ0) is 17.6. The predicted octanol–water partition coefficient (Wildman–Crippen LogP) is 3.41. The average Bonchev–Trinajstić information content (AvgIpc) is 2.96. The number of ketones is 1. The third-order valence-electron chi connectivity index (χ3n) is 3.56. The van der Waals surface area contributed by atoms with Crippen LogP contribution < -0.4 is 9.47 Å². The molecule has 0 bridgehead atoms. The van der Waals surface area contributed by atoms with E-state index in [9.17, 15) is 9.59 Å². The Morgan fingerprint density at radius 3 is 2.72 bits per heavy atom. The smallest absolute Gasteiger partial charge is 0.343 e. The summed E-state index contributed by atoms with van der Waals surface area (Å²) in [6.07, 6.45) is 5.28. The molecule has 3 rings (SSSR count). The number of allylic oxidation sites excluding steroid dienone is 3. The minimum Gasteiger partial charge on any atom is -0.482 e. The average molecular weight is 336 g/mol. The van der Waals surface area contributed by atoms with Gasteiger partial charge in [-0.2, -0.15) is 0 Å². The molecular formula is C20H16O5. The maximum absolute atomic E-state index is 12.3. The van der Waals surface area contributed by atoms with Gasteiger partial charge in [0.2, 0.25) is 5.78 Å². The molecule has 0 aliphatic carbocycles. The van der Waals surface area contributed by atoms with E-state index in [-0.39, 0.29) is 18.1 Å². The van der Waals surface area contributed by atoms with Crippen LogP contribution >= 0.6 is 0 Å². The number of Topliss-reactive ketones (excluding diaryl/α,β-unsaturated/α-hetero) is 1. The lowest BCUT2D eigenvalue weighted by atomic mass is 10.1. The molecule has 1 aliphatic heterocycles. The number of hydrogen-bond acceptors (Lipinski definition) is 5. The van der Waals surface area contributed by atoms with E-state index in [1.807, 2.05) is 36.4 Å². The van der Waals surface area contributed by atoms with Crippen molar-refractivity contribution in [2.75, 3.05) is 13.7 Å². The summed E-state index contributed by atoms with van der Waals surface area (Å²) in [5.74, 6) is 0.411. The largest absolute Gasteiger partial charge is 0.482 e. The number of hydrogen-bond donors (Lipinski definition) is 0. The zero-order valence-electron chi connectivity index (χ0n) is 13.6. The SMILES string of the molecule is COC(=O)COc1ccc2c(c1)O/C(=C\C=C\c1ccccc1)C2=O. The predicted molar refractivity (Wildman–Crippen MR) is 92.5 cm³/mol. The highest BCUT2D eigenvalue weighted by atomic mass is 16.6. The van der Waals surface area contributed by atoms with E-state index in [0.717, 1.165) is 5.56 Å². The Labute approximate surface area is 145 Å². The van der Waals surface area contributed by atoms with Crippen LogP contribution in [0.4, 0.5) is 0 Å². The van der Waals surface area contributed by atoms with Gasteiger partial charge in [0, 0.05) is 6.07 Å². The molecule has 0 radical (unpaired) electrons. The fraction of sp³-hybridized carbons (Fsp3) is 0.100. The Morgan fingerprint density at radius 2 is 1.96 bits per heavy atom. The van der Waals surface area contributed by atoms with Crippen LogP contribution in [0.25, 0.3) is 6.08 Å². The lowest BCUT2D eigenvalue weighted by Crippen LogP contribution is -2.12. The van der Waals surface area contributed by atoms with Gasteiger partial charge in [-0.3, -0.25) is 4.79 Å². The van der Waals surface area contributed by atoms with E-state index in [4.69, 9.17) is 9.47 Å². The van der Waals surface area contributed by atoms with Gasteiger partial charge < -0.3 is 14.2 Å². The van der Waals surface area contributed by atoms with Crippen molar-refractivity contribution < 1.29 is 23.8 Å². The zero-order valence-corrected chi connectivity index (χ0v) is 13.6. The van der Waals surface area contributed by atoms with Crippen molar-refractivity contribution in [3.05, 3.63) is 77.6 Å². The molecule has 0 fully saturated rings. The van der Waals surface area contributed by atoms with Gasteiger partial charge in [0.05, 0.1) is 12.7 Å². The number of benzene rings is 2. The minimum atomic E-state index is -0.482. The van der Waals surface area contributed by atoms with Gasteiger partial charge in [-0.05, 0) is 23.8 Å². The molecular weight excluding hydrogens is 320 g/mol. The summed E-state index contributed by atoms with van der Waals surface area (Å²) >= 11 is 0. The number of methoxy groups -OCH3 is 1. The van der Waals surface area contributed by atoms with Gasteiger partial charge in [0.25, 0.3) is 0 Å². The van der Waals surface area contributed by atoms with Crippen molar-refractivity contribution in [2.24, 2.45) is 0 Å². The highest BCUT2D eigenvalue weighted by Gasteiger charge is 2.27. The van der Waals surface area contributed by atoms with Crippen molar-refractivity contribution in [2.45, 2.75) is 0 Å². The molecule has 0 aromatic heterocycles. The van der Waals surface area contributed by atoms with Crippen molar-refractivity contribution in [3.63, 3.8) is 0 Å². The molecule has 0 amide bonds. The maximum atomic E-state index is 12.3. The summed E-state index contributed by atoms with van der Waals surface area (Å²) in [5.41, 5.74) is 1.49. The molecule has 2 aromatic rings. The monoisotopic (exact) mass is 336 g/mol. The quantitative estimate of drug-likeness (QED) is 0.618. The first kappa shape index (κ1) is 16.5. The molecule has 5 heteroatoms. The molecule has 0 N–H and O–H groups in total. The summed E-state index contributed by atoms with van der Waals surface area (Å²) in [6.45, 7) is -0.203. The third kappa shape index (κ3) is 3.95. The number of rotatable bonds is 5. The second-order valence-corrected chi connectivity index (χ2v) is 5.25. The molecule has 1 aliphatic rings. The highest BCUT2D eigenvalue weighted by Crippen LogP contribution is 2.34. The molecule has 2 aromatic carbocycles. The molecule has 0 unspecified atom stereocenters. The first-order valence-electron chi connectivity index (χ1n) is 7.67. The molecule has 0 atom stereocenters. The Hall–Kier alpha value is -3.34. The van der Waals surface area contributed by atoms with Crippen LogP contribution in [0.3, 0.4) is 0 Å². The number of carbonyl (C=O) groups is 2. The first-order valence-corrected chi connectivity index (χ1v) is 7.67. The molecule has 5 nitrogen and oxygen atoms in total. The summed E-state index contributed by atoms with van der Waals surface area (Å²) in [4.78, 5) is 23.4. The molecule has 25 heavy (non-hydrogen) atoms. The molecule has 0 saturated heterocycles. The van der Waals surface area contributed by atoms with Gasteiger partial charge in [0.15, 0.2) is 12.4 Å². The van der Waals surface area contributed by atoms with E-state index in [2.05, 4.69) is 4.74 Å². The van der Waals surface area contributed by atoms with Crippen LogP contribution in [0.2, 0.25) is 0 Å². The van der Waals surface area contributed by atoms with E-state index in [0.29, 0.717) is 17.1 Å². The van der Waals surface area contributed by atoms with E-state index in [1.165, 1.54) is 7.11 Å². The van der Waals surface area contributed by atoms with Gasteiger partial charge in [-0.1, -0.05) is 42.5 Å². The van der Waals surface area contributed by atoms with Crippen LogP contribution in [-0.4, -0.2) is 25.5 Å². The number of carbonyl (C=O) groups excluding carboxylic acids is 2. The van der Waals surface area contributed by atoms with E-state index < -0.39 is 5.97 Å². The molecule has 1 heterocycles. The Bertz CT molecular complexity index is 850. The van der Waals surface area contributed by atoms with Gasteiger partial charge in [-0.15, -0.1) is 0 Å². The second-order valence-electron chi connectivity index (χ2n) is 5.25. The fourth-order valence-corrected chi connectivity index (χ4v) is 2.28. The van der Waals surface area contributed by atoms with Crippen LogP contribution in [0.5, 0.6) is 11.5 Å². The number of ether oxygens (including phenoxy) is 3. The molecule has 0 spiro atoms. The second kappa shape index (κ2) is 7.49. The standard InChI is InChI=1S/C20H16O5/c1-23-19(21)13-24-15-10-11-16-18(12-15)25-17(20(16)22)9-5-8-14-6-3-2-4-7-14/h2-12H,13H2,1H3/b8-5+,17-9-. The van der Waals surface area contributed by atoms with E-state index in [1.54, 1.807) is 30.4 Å². The van der Waals surface area contributed by atoms with Crippen LogP contribution in [0.15, 0.2) is 66.4 Å². The summed E-state index contributed by atoms with van der Waals surface area (Å²) in [6, 6.07) is 14.6. The summed E-state index contributed by atoms with van der Waals surface area (Å²) in [5, 5.41) is 0. The Balaban J connectivity index is 1.71. The van der Waals surface area contributed by atoms with Crippen molar-refractivity contribution in [1.82, 2.24) is 0 Å². The lowest BCUT2D eigenvalue weighted by Gasteiger charge is -2.05. The van der Waals surface area contributed by atoms with Crippen molar-refractivity contribution in [3.8, 4) is 11.5 Å². The third-order valence-corrected chi connectivity index (χ3v) is 3.56. The van der Waals surface area contributed by atoms with Crippen LogP contribution in [0.1, 0.15) is 15.9 Å². The highest BCUT2D eigenvalue weighted by molar-refractivity contribution is 6.12. The van der Waals surface area contributed by atoms with Crippen molar-refractivity contribution >= 4 is 17.8 Å². The summed E-state index contributed by atoms with van der Waals surface area (Å²) < 4.78 is 15.4. The fourth-order valence-electron chi connectivity index (χ4n) is 2.28. The summed E-state index contributed by atoms with van der Waals surface area (Å²) in [7, 11) is 1.29. The van der Waals surface area contributed by atoms with Gasteiger partial charge in [0.1, 0.15) is 11.5 Å². The van der Waals surface area contributed by atoms with Gasteiger partial charge in [-0.25, -0.2) is 4.79 Å². The molecule has 0 saturated carbocycles. The topological polar surface area (TPSA) is 61.8 Å². The first-order chi connectivity index (χ1) is 12.2. The van der Waals surface area contributed by atoms with E-state index >= 15 is 0 Å². The number of fused-ring (bicyclic) bond motifs is 1. The van der Waals surface area contributed by atoms with Crippen molar-refractivity contribution in [1.29, 1.82) is 0 Å². The number of esters is 1. The molecule has 126 valence electrons. The maximum Gasteiger partial charge on any atom is 0.343 e. The Morgan fingerprint density at radius 1 is 1.16 bits per heavy atom. The normalized spacial score (nSPS) is 14.4. The Kier molecular flexibility index (Phi) is 4.95. The van der Waals surface area contributed by atoms with Crippen LogP contribution in [-0.2, 0) is 9.53 Å².